The van der Waals surface area contributed by atoms with Crippen molar-refractivity contribution >= 4 is 0 Å². The van der Waals surface area contributed by atoms with Crippen molar-refractivity contribution in [3.05, 3.63) is 65.0 Å². The van der Waals surface area contributed by atoms with E-state index in [2.05, 4.69) is 25.2 Å². The molecule has 0 aliphatic heterocycles. The fourth-order valence-electron chi connectivity index (χ4n) is 2.45. The number of hydrogen-bond donors (Lipinski definition) is 1. The van der Waals surface area contributed by atoms with Gasteiger partial charge in [-0.05, 0) is 60.8 Å². The zero-order chi connectivity index (χ0) is 15.2. The highest BCUT2D eigenvalue weighted by molar-refractivity contribution is 5.41. The van der Waals surface area contributed by atoms with Gasteiger partial charge in [0.25, 0.3) is 0 Å². The molecule has 2 nitrogen and oxygen atoms in total. The lowest BCUT2D eigenvalue weighted by molar-refractivity contribution is 0.414. The number of aryl methyl sites for hydroxylation is 1. The third-order valence-electron chi connectivity index (χ3n) is 3.59. The Labute approximate surface area is 126 Å². The highest BCUT2D eigenvalue weighted by Crippen LogP contribution is 2.27. The molecule has 0 aromatic heterocycles. The molecule has 2 rings (SSSR count). The normalized spacial score (nSPS) is 12.2. The first-order chi connectivity index (χ1) is 10.2. The quantitative estimate of drug-likeness (QED) is 0.858. The largest absolute Gasteiger partial charge is 0.497 e. The summed E-state index contributed by atoms with van der Waals surface area (Å²) < 4.78 is 18.4. The first-order valence-electron chi connectivity index (χ1n) is 7.29. The Hall–Kier alpha value is -1.87. The van der Waals surface area contributed by atoms with Crippen molar-refractivity contribution in [1.29, 1.82) is 0 Å². The lowest BCUT2D eigenvalue weighted by Gasteiger charge is -2.22. The second kappa shape index (κ2) is 7.23. The summed E-state index contributed by atoms with van der Waals surface area (Å²) in [4.78, 5) is 0. The van der Waals surface area contributed by atoms with Crippen molar-refractivity contribution in [2.24, 2.45) is 0 Å². The second-order valence-corrected chi connectivity index (χ2v) is 5.16. The summed E-state index contributed by atoms with van der Waals surface area (Å²) in [6.07, 6.45) is 1.05. The molecule has 0 saturated carbocycles. The zero-order valence-electron chi connectivity index (χ0n) is 12.8. The van der Waals surface area contributed by atoms with Gasteiger partial charge in [0, 0.05) is 0 Å². The van der Waals surface area contributed by atoms with Crippen LogP contribution in [-0.2, 0) is 0 Å². The maximum Gasteiger partial charge on any atom is 0.123 e. The van der Waals surface area contributed by atoms with Crippen LogP contribution in [0, 0.1) is 12.7 Å². The molecule has 1 atom stereocenters. The third kappa shape index (κ3) is 3.82. The molecular formula is C18H22FNO. The molecule has 3 heteroatoms. The minimum absolute atomic E-state index is 0.0662. The Morgan fingerprint density at radius 3 is 2.43 bits per heavy atom. The number of methoxy groups -OCH3 is 1. The van der Waals surface area contributed by atoms with Crippen LogP contribution in [0.15, 0.2) is 42.5 Å². The van der Waals surface area contributed by atoms with Crippen LogP contribution < -0.4 is 10.1 Å². The van der Waals surface area contributed by atoms with Crippen molar-refractivity contribution in [2.75, 3.05) is 13.7 Å². The molecular weight excluding hydrogens is 265 g/mol. The zero-order valence-corrected chi connectivity index (χ0v) is 12.8. The number of rotatable bonds is 6. The number of benzene rings is 2. The van der Waals surface area contributed by atoms with Gasteiger partial charge >= 0.3 is 0 Å². The Morgan fingerprint density at radius 1 is 1.14 bits per heavy atom. The molecule has 0 aliphatic rings. The predicted molar refractivity (Wildman–Crippen MR) is 84.3 cm³/mol. The highest BCUT2D eigenvalue weighted by atomic mass is 19.1. The Bertz CT molecular complexity index is 580. The van der Waals surface area contributed by atoms with Crippen LogP contribution in [0.2, 0.25) is 0 Å². The first-order valence-corrected chi connectivity index (χ1v) is 7.29. The van der Waals surface area contributed by atoms with Gasteiger partial charge < -0.3 is 10.1 Å². The van der Waals surface area contributed by atoms with Crippen LogP contribution in [0.5, 0.6) is 5.75 Å². The van der Waals surface area contributed by atoms with Crippen LogP contribution in [0.25, 0.3) is 0 Å². The molecule has 2 aromatic rings. The average Bonchev–Trinajstić information content (AvgIpc) is 2.50. The molecule has 0 spiro atoms. The maximum absolute atomic E-state index is 13.1. The molecule has 1 N–H and O–H groups in total. The Morgan fingerprint density at radius 2 is 1.86 bits per heavy atom. The topological polar surface area (TPSA) is 21.3 Å². The summed E-state index contributed by atoms with van der Waals surface area (Å²) in [7, 11) is 1.67. The van der Waals surface area contributed by atoms with Gasteiger partial charge in [-0.15, -0.1) is 0 Å². The molecule has 0 saturated heterocycles. The SMILES string of the molecule is CCCNC(c1ccc(F)cc1)c1ccc(OC)cc1C. The van der Waals surface area contributed by atoms with Gasteiger partial charge in [-0.3, -0.25) is 0 Å². The standard InChI is InChI=1S/C18H22FNO/c1-4-11-20-18(14-5-7-15(19)8-6-14)17-10-9-16(21-3)12-13(17)2/h5-10,12,18,20H,4,11H2,1-3H3. The number of hydrogen-bond acceptors (Lipinski definition) is 2. The molecule has 0 amide bonds. The lowest BCUT2D eigenvalue weighted by Crippen LogP contribution is -2.24. The van der Waals surface area contributed by atoms with E-state index in [4.69, 9.17) is 4.74 Å². The highest BCUT2D eigenvalue weighted by Gasteiger charge is 2.16. The average molecular weight is 287 g/mol. The number of ether oxygens (including phenoxy) is 1. The molecule has 0 heterocycles. The van der Waals surface area contributed by atoms with Gasteiger partial charge in [-0.1, -0.05) is 25.1 Å². The van der Waals surface area contributed by atoms with E-state index in [1.807, 2.05) is 24.3 Å². The Kier molecular flexibility index (Phi) is 5.34. The summed E-state index contributed by atoms with van der Waals surface area (Å²) in [6.45, 7) is 5.12. The smallest absolute Gasteiger partial charge is 0.123 e. The molecule has 0 bridgehead atoms. The summed E-state index contributed by atoms with van der Waals surface area (Å²) in [5, 5.41) is 3.54. The van der Waals surface area contributed by atoms with Crippen LogP contribution in [0.4, 0.5) is 4.39 Å². The van der Waals surface area contributed by atoms with Crippen LogP contribution in [0.3, 0.4) is 0 Å². The van der Waals surface area contributed by atoms with Gasteiger partial charge in [-0.25, -0.2) is 4.39 Å². The van der Waals surface area contributed by atoms with Gasteiger partial charge in [0.15, 0.2) is 0 Å². The first kappa shape index (κ1) is 15.5. The van der Waals surface area contributed by atoms with Gasteiger partial charge in [0.05, 0.1) is 13.2 Å². The maximum atomic E-state index is 13.1. The predicted octanol–water partition coefficient (Wildman–Crippen LogP) is 4.23. The van der Waals surface area contributed by atoms with E-state index < -0.39 is 0 Å². The van der Waals surface area contributed by atoms with E-state index in [1.165, 1.54) is 17.7 Å². The van der Waals surface area contributed by atoms with Crippen molar-refractivity contribution < 1.29 is 9.13 Å². The molecule has 21 heavy (non-hydrogen) atoms. The van der Waals surface area contributed by atoms with E-state index in [-0.39, 0.29) is 11.9 Å². The van der Waals surface area contributed by atoms with Gasteiger partial charge in [0.2, 0.25) is 0 Å². The van der Waals surface area contributed by atoms with Crippen molar-refractivity contribution in [2.45, 2.75) is 26.3 Å². The van der Waals surface area contributed by atoms with Gasteiger partial charge in [0.1, 0.15) is 11.6 Å². The van der Waals surface area contributed by atoms with Crippen LogP contribution >= 0.6 is 0 Å². The summed E-state index contributed by atoms with van der Waals surface area (Å²) in [6, 6.07) is 12.8. The van der Waals surface area contributed by atoms with Crippen LogP contribution in [0.1, 0.15) is 36.1 Å². The van der Waals surface area contributed by atoms with E-state index in [0.717, 1.165) is 29.8 Å². The number of halogens is 1. The Balaban J connectivity index is 2.37. The fourth-order valence-corrected chi connectivity index (χ4v) is 2.45. The van der Waals surface area contributed by atoms with E-state index >= 15 is 0 Å². The third-order valence-corrected chi connectivity index (χ3v) is 3.59. The summed E-state index contributed by atoms with van der Waals surface area (Å²) >= 11 is 0. The number of nitrogens with one attached hydrogen (secondary N) is 1. The molecule has 0 radical (unpaired) electrons. The van der Waals surface area contributed by atoms with Crippen LogP contribution in [-0.4, -0.2) is 13.7 Å². The van der Waals surface area contributed by atoms with Crippen molar-refractivity contribution in [3.63, 3.8) is 0 Å². The monoisotopic (exact) mass is 287 g/mol. The molecule has 0 aliphatic carbocycles. The molecule has 112 valence electrons. The fraction of sp³-hybridized carbons (Fsp3) is 0.333. The van der Waals surface area contributed by atoms with Crippen molar-refractivity contribution in [3.8, 4) is 5.75 Å². The van der Waals surface area contributed by atoms with E-state index in [9.17, 15) is 4.39 Å². The molecule has 1 unspecified atom stereocenters. The minimum atomic E-state index is -0.209. The van der Waals surface area contributed by atoms with Crippen molar-refractivity contribution in [1.82, 2.24) is 5.32 Å². The summed E-state index contributed by atoms with van der Waals surface area (Å²) in [5.41, 5.74) is 3.42. The van der Waals surface area contributed by atoms with E-state index in [1.54, 1.807) is 7.11 Å². The minimum Gasteiger partial charge on any atom is -0.497 e. The molecule has 0 fully saturated rings. The van der Waals surface area contributed by atoms with Gasteiger partial charge in [-0.2, -0.15) is 0 Å². The van der Waals surface area contributed by atoms with E-state index in [0.29, 0.717) is 0 Å². The lowest BCUT2D eigenvalue weighted by atomic mass is 9.94. The summed E-state index contributed by atoms with van der Waals surface area (Å²) in [5.74, 6) is 0.643. The second-order valence-electron chi connectivity index (χ2n) is 5.16. The molecule has 2 aromatic carbocycles.